The summed E-state index contributed by atoms with van der Waals surface area (Å²) in [6.45, 7) is 4.42. The topological polar surface area (TPSA) is 47.8 Å². The molecule has 28 heavy (non-hydrogen) atoms. The van der Waals surface area contributed by atoms with E-state index < -0.39 is 0 Å². The van der Waals surface area contributed by atoms with E-state index in [1.54, 1.807) is 33.9 Å². The Hall–Kier alpha value is -2.15. The second-order valence-corrected chi connectivity index (χ2v) is 9.07. The van der Waals surface area contributed by atoms with Crippen LogP contribution in [0.2, 0.25) is 5.02 Å². The Balaban J connectivity index is 1.77. The number of pyridine rings is 1. The molecule has 0 aliphatic heterocycles. The van der Waals surface area contributed by atoms with Crippen LogP contribution in [0.25, 0.3) is 10.2 Å². The van der Waals surface area contributed by atoms with Gasteiger partial charge in [-0.25, -0.2) is 4.98 Å². The molecule has 0 saturated carbocycles. The number of rotatable bonds is 5. The molecule has 3 heterocycles. The Morgan fingerprint density at radius 2 is 1.93 bits per heavy atom. The highest BCUT2D eigenvalue weighted by Crippen LogP contribution is 2.29. The third-order valence-electron chi connectivity index (χ3n) is 4.58. The fourth-order valence-corrected chi connectivity index (χ4v) is 5.09. The van der Waals surface area contributed by atoms with E-state index in [0.717, 1.165) is 26.5 Å². The van der Waals surface area contributed by atoms with E-state index in [9.17, 15) is 4.79 Å². The fourth-order valence-electron chi connectivity index (χ4n) is 2.94. The van der Waals surface area contributed by atoms with E-state index in [-0.39, 0.29) is 5.56 Å². The number of hydrogen-bond donors (Lipinski definition) is 0. The Morgan fingerprint density at radius 1 is 1.14 bits per heavy atom. The predicted octanol–water partition coefficient (Wildman–Crippen LogP) is 5.46. The molecule has 0 saturated heterocycles. The van der Waals surface area contributed by atoms with Crippen molar-refractivity contribution in [1.82, 2.24) is 14.5 Å². The van der Waals surface area contributed by atoms with Gasteiger partial charge in [0.05, 0.1) is 17.6 Å². The van der Waals surface area contributed by atoms with Gasteiger partial charge in [0, 0.05) is 21.8 Å². The Bertz CT molecular complexity index is 1180. The summed E-state index contributed by atoms with van der Waals surface area (Å²) in [4.78, 5) is 24.5. The van der Waals surface area contributed by atoms with Gasteiger partial charge in [-0.15, -0.1) is 11.3 Å². The average molecular weight is 428 g/mol. The van der Waals surface area contributed by atoms with Crippen molar-refractivity contribution in [2.75, 3.05) is 0 Å². The number of fused-ring (bicyclic) bond motifs is 1. The SMILES string of the molecule is Cc1sc2nc(SCc3ccc(Cl)cc3)n(Cc3ccccn3)c(=O)c2c1C. The molecule has 0 bridgehead atoms. The van der Waals surface area contributed by atoms with Crippen molar-refractivity contribution < 1.29 is 0 Å². The number of aromatic nitrogens is 3. The summed E-state index contributed by atoms with van der Waals surface area (Å²) < 4.78 is 1.74. The molecule has 0 unspecified atom stereocenters. The first-order chi connectivity index (χ1) is 13.5. The Labute approximate surface area is 176 Å². The second-order valence-electron chi connectivity index (χ2n) is 6.49. The normalized spacial score (nSPS) is 11.2. The summed E-state index contributed by atoms with van der Waals surface area (Å²) in [5, 5.41) is 2.14. The smallest absolute Gasteiger partial charge is 0.263 e. The Morgan fingerprint density at radius 3 is 2.64 bits per heavy atom. The van der Waals surface area contributed by atoms with Gasteiger partial charge in [0.2, 0.25) is 0 Å². The van der Waals surface area contributed by atoms with Gasteiger partial charge in [0.15, 0.2) is 5.16 Å². The number of thioether (sulfide) groups is 1. The van der Waals surface area contributed by atoms with E-state index in [0.29, 0.717) is 27.9 Å². The second kappa shape index (κ2) is 8.07. The molecule has 1 aromatic carbocycles. The maximum absolute atomic E-state index is 13.3. The first-order valence-corrected chi connectivity index (χ1v) is 11.0. The molecule has 142 valence electrons. The fraction of sp³-hybridized carbons (Fsp3) is 0.190. The predicted molar refractivity (Wildman–Crippen MR) is 118 cm³/mol. The maximum atomic E-state index is 13.3. The average Bonchev–Trinajstić information content (AvgIpc) is 2.98. The first kappa shape index (κ1) is 19.2. The van der Waals surface area contributed by atoms with Crippen molar-refractivity contribution in [3.8, 4) is 0 Å². The molecule has 0 atom stereocenters. The molecule has 3 aromatic heterocycles. The quantitative estimate of drug-likeness (QED) is 0.313. The van der Waals surface area contributed by atoms with Gasteiger partial charge in [-0.2, -0.15) is 0 Å². The molecule has 0 amide bonds. The summed E-state index contributed by atoms with van der Waals surface area (Å²) in [5.41, 5.74) is 2.98. The van der Waals surface area contributed by atoms with Gasteiger partial charge in [-0.05, 0) is 49.2 Å². The zero-order valence-electron chi connectivity index (χ0n) is 15.5. The van der Waals surface area contributed by atoms with Crippen molar-refractivity contribution in [2.24, 2.45) is 0 Å². The van der Waals surface area contributed by atoms with Crippen LogP contribution in [0.4, 0.5) is 0 Å². The summed E-state index contributed by atoms with van der Waals surface area (Å²) >= 11 is 9.11. The van der Waals surface area contributed by atoms with E-state index in [1.165, 1.54) is 0 Å². The molecule has 7 heteroatoms. The number of thiophene rings is 1. The van der Waals surface area contributed by atoms with Gasteiger partial charge in [0.25, 0.3) is 5.56 Å². The third kappa shape index (κ3) is 3.85. The number of aryl methyl sites for hydroxylation is 2. The van der Waals surface area contributed by atoms with Gasteiger partial charge in [0.1, 0.15) is 4.83 Å². The molecule has 0 N–H and O–H groups in total. The minimum Gasteiger partial charge on any atom is -0.281 e. The lowest BCUT2D eigenvalue weighted by Crippen LogP contribution is -2.24. The maximum Gasteiger partial charge on any atom is 0.263 e. The highest BCUT2D eigenvalue weighted by Gasteiger charge is 2.17. The van der Waals surface area contributed by atoms with Crippen LogP contribution in [0.3, 0.4) is 0 Å². The van der Waals surface area contributed by atoms with E-state index >= 15 is 0 Å². The van der Waals surface area contributed by atoms with Crippen LogP contribution in [-0.4, -0.2) is 14.5 Å². The van der Waals surface area contributed by atoms with Crippen LogP contribution in [0, 0.1) is 13.8 Å². The highest BCUT2D eigenvalue weighted by molar-refractivity contribution is 7.98. The summed E-state index contributed by atoms with van der Waals surface area (Å²) in [5.74, 6) is 0.709. The molecule has 0 spiro atoms. The molecule has 0 radical (unpaired) electrons. The van der Waals surface area contributed by atoms with E-state index in [2.05, 4.69) is 4.98 Å². The van der Waals surface area contributed by atoms with E-state index in [4.69, 9.17) is 16.6 Å². The van der Waals surface area contributed by atoms with Crippen LogP contribution in [0.15, 0.2) is 58.6 Å². The van der Waals surface area contributed by atoms with Crippen LogP contribution in [0.1, 0.15) is 21.7 Å². The lowest BCUT2D eigenvalue weighted by molar-refractivity contribution is 0.647. The largest absolute Gasteiger partial charge is 0.281 e. The summed E-state index contributed by atoms with van der Waals surface area (Å²) in [7, 11) is 0. The van der Waals surface area contributed by atoms with Crippen LogP contribution in [0.5, 0.6) is 0 Å². The Kier molecular flexibility index (Phi) is 5.53. The van der Waals surface area contributed by atoms with Crippen molar-refractivity contribution in [3.05, 3.63) is 85.7 Å². The molecule has 4 nitrogen and oxygen atoms in total. The number of hydrogen-bond acceptors (Lipinski definition) is 5. The zero-order chi connectivity index (χ0) is 19.7. The number of benzene rings is 1. The van der Waals surface area contributed by atoms with Crippen molar-refractivity contribution >= 4 is 44.9 Å². The van der Waals surface area contributed by atoms with Crippen molar-refractivity contribution in [1.29, 1.82) is 0 Å². The van der Waals surface area contributed by atoms with Crippen LogP contribution >= 0.6 is 34.7 Å². The molecule has 0 aliphatic rings. The summed E-state index contributed by atoms with van der Waals surface area (Å²) in [6, 6.07) is 13.5. The van der Waals surface area contributed by atoms with Crippen molar-refractivity contribution in [2.45, 2.75) is 31.3 Å². The zero-order valence-corrected chi connectivity index (χ0v) is 17.9. The molecular weight excluding hydrogens is 410 g/mol. The third-order valence-corrected chi connectivity index (χ3v) is 6.98. The minimum atomic E-state index is -0.00360. The standard InChI is InChI=1S/C21H18ClN3OS2/c1-13-14(2)28-19-18(13)20(26)25(11-17-5-3-4-10-23-17)21(24-19)27-12-15-6-8-16(22)9-7-15/h3-10H,11-12H2,1-2H3. The lowest BCUT2D eigenvalue weighted by atomic mass is 10.2. The molecular formula is C21H18ClN3OS2. The van der Waals surface area contributed by atoms with Gasteiger partial charge < -0.3 is 0 Å². The van der Waals surface area contributed by atoms with Crippen molar-refractivity contribution in [3.63, 3.8) is 0 Å². The molecule has 4 rings (SSSR count). The first-order valence-electron chi connectivity index (χ1n) is 8.80. The molecule has 0 aliphatic carbocycles. The van der Waals surface area contributed by atoms with Gasteiger partial charge in [-0.3, -0.25) is 14.3 Å². The van der Waals surface area contributed by atoms with Gasteiger partial charge >= 0.3 is 0 Å². The van der Waals surface area contributed by atoms with Crippen LogP contribution < -0.4 is 5.56 Å². The minimum absolute atomic E-state index is 0.00360. The van der Waals surface area contributed by atoms with Gasteiger partial charge in [-0.1, -0.05) is 41.6 Å². The summed E-state index contributed by atoms with van der Waals surface area (Å²) in [6.07, 6.45) is 1.74. The number of halogens is 1. The monoisotopic (exact) mass is 427 g/mol. The van der Waals surface area contributed by atoms with E-state index in [1.807, 2.05) is 56.3 Å². The lowest BCUT2D eigenvalue weighted by Gasteiger charge is -2.12. The van der Waals surface area contributed by atoms with Crippen LogP contribution in [-0.2, 0) is 12.3 Å². The molecule has 4 aromatic rings. The molecule has 0 fully saturated rings. The number of nitrogens with zero attached hydrogens (tertiary/aromatic N) is 3. The highest BCUT2D eigenvalue weighted by atomic mass is 35.5.